The second-order valence-electron chi connectivity index (χ2n) is 5.84. The van der Waals surface area contributed by atoms with Gasteiger partial charge in [0.05, 0.1) is 11.6 Å². The van der Waals surface area contributed by atoms with Crippen LogP contribution < -0.4 is 5.32 Å². The molecule has 1 aromatic carbocycles. The summed E-state index contributed by atoms with van der Waals surface area (Å²) in [6, 6.07) is 9.74. The summed E-state index contributed by atoms with van der Waals surface area (Å²) in [6.07, 6.45) is 6.84. The van der Waals surface area contributed by atoms with Gasteiger partial charge in [0.25, 0.3) is 0 Å². The Kier molecular flexibility index (Phi) is 3.28. The first-order valence-electron chi connectivity index (χ1n) is 7.50. The third-order valence-electron chi connectivity index (χ3n) is 4.01. The zero-order valence-corrected chi connectivity index (χ0v) is 13.0. The van der Waals surface area contributed by atoms with E-state index in [0.717, 1.165) is 24.1 Å². The topological polar surface area (TPSA) is 29.9 Å². The lowest BCUT2D eigenvalue weighted by molar-refractivity contribution is 0.688. The van der Waals surface area contributed by atoms with E-state index in [1.54, 1.807) is 11.3 Å². The second kappa shape index (κ2) is 5.28. The molecule has 0 spiro atoms. The summed E-state index contributed by atoms with van der Waals surface area (Å²) in [6.45, 7) is 3.95. The molecule has 0 unspecified atom stereocenters. The van der Waals surface area contributed by atoms with Crippen LogP contribution in [0, 0.1) is 6.92 Å². The van der Waals surface area contributed by atoms with Crippen molar-refractivity contribution in [1.29, 1.82) is 0 Å². The van der Waals surface area contributed by atoms with Crippen molar-refractivity contribution in [1.82, 2.24) is 14.9 Å². The average Bonchev–Trinajstić information content (AvgIpc) is 3.12. The molecular formula is C17H19N3S. The lowest BCUT2D eigenvalue weighted by Gasteiger charge is -2.07. The van der Waals surface area contributed by atoms with Gasteiger partial charge in [0.1, 0.15) is 0 Å². The minimum absolute atomic E-state index is 0.757. The zero-order valence-electron chi connectivity index (χ0n) is 12.2. The molecule has 1 fully saturated rings. The van der Waals surface area contributed by atoms with E-state index in [1.807, 2.05) is 6.20 Å². The largest absolute Gasteiger partial charge is 0.342 e. The van der Waals surface area contributed by atoms with Crippen molar-refractivity contribution in [3.05, 3.63) is 52.1 Å². The van der Waals surface area contributed by atoms with Crippen LogP contribution in [0.15, 0.2) is 36.7 Å². The summed E-state index contributed by atoms with van der Waals surface area (Å²) in [5.74, 6) is 0. The van der Waals surface area contributed by atoms with Crippen molar-refractivity contribution in [2.45, 2.75) is 38.9 Å². The molecule has 108 valence electrons. The van der Waals surface area contributed by atoms with Crippen molar-refractivity contribution >= 4 is 22.2 Å². The quantitative estimate of drug-likeness (QED) is 0.778. The maximum Gasteiger partial charge on any atom is 0.0897 e. The van der Waals surface area contributed by atoms with Gasteiger partial charge in [-0.2, -0.15) is 0 Å². The Morgan fingerprint density at radius 1 is 1.33 bits per heavy atom. The highest BCUT2D eigenvalue weighted by Gasteiger charge is 2.19. The fourth-order valence-electron chi connectivity index (χ4n) is 2.67. The van der Waals surface area contributed by atoms with E-state index in [-0.39, 0.29) is 0 Å². The number of aryl methyl sites for hydroxylation is 1. The van der Waals surface area contributed by atoms with E-state index in [0.29, 0.717) is 0 Å². The molecule has 0 atom stereocenters. The number of nitrogens with one attached hydrogen (secondary N) is 1. The normalized spacial score (nSPS) is 14.9. The van der Waals surface area contributed by atoms with Crippen LogP contribution in [-0.4, -0.2) is 15.6 Å². The number of nitrogens with zero attached hydrogens (tertiary/aromatic N) is 2. The van der Waals surface area contributed by atoms with Gasteiger partial charge in [-0.05, 0) is 42.8 Å². The summed E-state index contributed by atoms with van der Waals surface area (Å²) in [5, 5.41) is 6.03. The Morgan fingerprint density at radius 2 is 2.24 bits per heavy atom. The first-order chi connectivity index (χ1) is 10.3. The van der Waals surface area contributed by atoms with Gasteiger partial charge < -0.3 is 9.88 Å². The third-order valence-corrected chi connectivity index (χ3v) is 4.90. The first-order valence-corrected chi connectivity index (χ1v) is 8.32. The standard InChI is InChI=1S/C17H19N3S/c1-12-18-10-16(21-12)11-20-7-6-14-3-2-13(8-17(14)20)9-19-15-4-5-15/h2-3,6-8,10,15,19H,4-5,9,11H2,1H3. The predicted octanol–water partition coefficient (Wildman–Crippen LogP) is 3.71. The molecular weight excluding hydrogens is 278 g/mol. The van der Waals surface area contributed by atoms with Crippen molar-refractivity contribution in [3.63, 3.8) is 0 Å². The molecule has 0 bridgehead atoms. The molecule has 0 saturated heterocycles. The maximum atomic E-state index is 4.35. The number of fused-ring (bicyclic) bond motifs is 1. The lowest BCUT2D eigenvalue weighted by atomic mass is 10.1. The maximum absolute atomic E-state index is 4.35. The summed E-state index contributed by atoms with van der Waals surface area (Å²) >= 11 is 1.78. The van der Waals surface area contributed by atoms with Gasteiger partial charge in [-0.3, -0.25) is 0 Å². The lowest BCUT2D eigenvalue weighted by Crippen LogP contribution is -2.15. The van der Waals surface area contributed by atoms with Crippen LogP contribution in [0.4, 0.5) is 0 Å². The smallest absolute Gasteiger partial charge is 0.0897 e. The molecule has 1 aliphatic carbocycles. The molecule has 0 amide bonds. The molecule has 4 rings (SSSR count). The highest BCUT2D eigenvalue weighted by atomic mass is 32.1. The van der Waals surface area contributed by atoms with Gasteiger partial charge in [0, 0.05) is 35.4 Å². The summed E-state index contributed by atoms with van der Waals surface area (Å²) in [5.41, 5.74) is 2.69. The molecule has 1 N–H and O–H groups in total. The number of rotatable bonds is 5. The van der Waals surface area contributed by atoms with E-state index in [9.17, 15) is 0 Å². The average molecular weight is 297 g/mol. The summed E-state index contributed by atoms with van der Waals surface area (Å²) in [7, 11) is 0. The third kappa shape index (κ3) is 2.87. The van der Waals surface area contributed by atoms with Crippen LogP contribution in [-0.2, 0) is 13.1 Å². The van der Waals surface area contributed by atoms with Crippen LogP contribution >= 0.6 is 11.3 Å². The highest BCUT2D eigenvalue weighted by Crippen LogP contribution is 2.23. The van der Waals surface area contributed by atoms with E-state index in [4.69, 9.17) is 0 Å². The zero-order chi connectivity index (χ0) is 14.2. The van der Waals surface area contributed by atoms with Crippen LogP contribution in [0.1, 0.15) is 28.3 Å². The monoisotopic (exact) mass is 297 g/mol. The molecule has 1 aliphatic rings. The molecule has 3 aromatic rings. The molecule has 3 nitrogen and oxygen atoms in total. The van der Waals surface area contributed by atoms with Gasteiger partial charge in [0.2, 0.25) is 0 Å². The van der Waals surface area contributed by atoms with Gasteiger partial charge in [-0.1, -0.05) is 12.1 Å². The minimum atomic E-state index is 0.757. The number of thiazole rings is 1. The molecule has 2 heterocycles. The van der Waals surface area contributed by atoms with E-state index in [1.165, 1.54) is 34.2 Å². The molecule has 21 heavy (non-hydrogen) atoms. The molecule has 0 radical (unpaired) electrons. The molecule has 4 heteroatoms. The Bertz CT molecular complexity index is 767. The number of hydrogen-bond acceptors (Lipinski definition) is 3. The molecule has 0 aliphatic heterocycles. The van der Waals surface area contributed by atoms with Crippen molar-refractivity contribution < 1.29 is 0 Å². The van der Waals surface area contributed by atoms with Crippen LogP contribution in [0.5, 0.6) is 0 Å². The molecule has 1 saturated carbocycles. The summed E-state index contributed by atoms with van der Waals surface area (Å²) < 4.78 is 2.32. The van der Waals surface area contributed by atoms with Crippen LogP contribution in [0.2, 0.25) is 0 Å². The Balaban J connectivity index is 1.60. The van der Waals surface area contributed by atoms with Gasteiger partial charge in [-0.15, -0.1) is 11.3 Å². The fourth-order valence-corrected chi connectivity index (χ4v) is 3.47. The highest BCUT2D eigenvalue weighted by molar-refractivity contribution is 7.11. The van der Waals surface area contributed by atoms with Crippen molar-refractivity contribution in [2.75, 3.05) is 0 Å². The minimum Gasteiger partial charge on any atom is -0.342 e. The van der Waals surface area contributed by atoms with E-state index >= 15 is 0 Å². The van der Waals surface area contributed by atoms with Crippen LogP contribution in [0.25, 0.3) is 10.9 Å². The Labute approximate surface area is 128 Å². The Hall–Kier alpha value is -1.65. The summed E-state index contributed by atoms with van der Waals surface area (Å²) in [4.78, 5) is 5.66. The Morgan fingerprint density at radius 3 is 3.00 bits per heavy atom. The van der Waals surface area contributed by atoms with Crippen molar-refractivity contribution in [2.24, 2.45) is 0 Å². The van der Waals surface area contributed by atoms with E-state index < -0.39 is 0 Å². The van der Waals surface area contributed by atoms with Crippen molar-refractivity contribution in [3.8, 4) is 0 Å². The van der Waals surface area contributed by atoms with Gasteiger partial charge in [0.15, 0.2) is 0 Å². The van der Waals surface area contributed by atoms with Gasteiger partial charge in [-0.25, -0.2) is 4.98 Å². The number of hydrogen-bond donors (Lipinski definition) is 1. The van der Waals surface area contributed by atoms with Crippen LogP contribution in [0.3, 0.4) is 0 Å². The number of benzene rings is 1. The number of aromatic nitrogens is 2. The SMILES string of the molecule is Cc1ncc(Cn2ccc3ccc(CNC4CC4)cc32)s1. The predicted molar refractivity (Wildman–Crippen MR) is 87.8 cm³/mol. The van der Waals surface area contributed by atoms with Gasteiger partial charge >= 0.3 is 0 Å². The second-order valence-corrected chi connectivity index (χ2v) is 7.16. The molecule has 2 aromatic heterocycles. The van der Waals surface area contributed by atoms with E-state index in [2.05, 4.69) is 52.3 Å². The fraction of sp³-hybridized carbons (Fsp3) is 0.353. The first kappa shape index (κ1) is 13.0.